The summed E-state index contributed by atoms with van der Waals surface area (Å²) >= 11 is 3.61. The zero-order chi connectivity index (χ0) is 24.5. The molecule has 0 saturated heterocycles. The van der Waals surface area contributed by atoms with Gasteiger partial charge in [-0.3, -0.25) is 10.2 Å². The summed E-state index contributed by atoms with van der Waals surface area (Å²) in [5.74, 6) is 1.56. The summed E-state index contributed by atoms with van der Waals surface area (Å²) in [5, 5.41) is 8.92. The van der Waals surface area contributed by atoms with Crippen molar-refractivity contribution >= 4 is 27.7 Å². The molecule has 1 amide bonds. The van der Waals surface area contributed by atoms with Crippen molar-refractivity contribution in [1.82, 2.24) is 10.9 Å². The number of hydrogen-bond donors (Lipinski definition) is 3. The number of aliphatic hydroxyl groups excluding tert-OH is 1. The summed E-state index contributed by atoms with van der Waals surface area (Å²) in [5.41, 5.74) is 6.81. The summed E-state index contributed by atoms with van der Waals surface area (Å²) in [7, 11) is 0. The number of halogens is 1. The van der Waals surface area contributed by atoms with Gasteiger partial charge in [-0.15, -0.1) is 0 Å². The molecular weight excluding hydrogens is 510 g/mol. The number of rotatable bonds is 11. The molecule has 1 atom stereocenters. The van der Waals surface area contributed by atoms with Crippen molar-refractivity contribution in [2.24, 2.45) is 10.9 Å². The molecular formula is C27H34BrN3O4. The van der Waals surface area contributed by atoms with Crippen LogP contribution in [0.15, 0.2) is 58.0 Å². The lowest BCUT2D eigenvalue weighted by Crippen LogP contribution is -2.53. The number of nitrogens with one attached hydrogen (secondary N) is 2. The first kappa shape index (κ1) is 25.7. The summed E-state index contributed by atoms with van der Waals surface area (Å²) in [6.07, 6.45) is 7.24. The number of hydrazine groups is 1. The van der Waals surface area contributed by atoms with Gasteiger partial charge in [0.15, 0.2) is 5.54 Å². The first-order valence-corrected chi connectivity index (χ1v) is 13.2. The number of aliphatic hydroxyl groups is 1. The number of benzene rings is 2. The van der Waals surface area contributed by atoms with E-state index in [-0.39, 0.29) is 19.1 Å². The minimum Gasteiger partial charge on any atom is -0.494 e. The average molecular weight is 544 g/mol. The molecule has 4 rings (SSSR count). The summed E-state index contributed by atoms with van der Waals surface area (Å²) in [4.78, 5) is 18.3. The Balaban J connectivity index is 1.49. The fourth-order valence-electron chi connectivity index (χ4n) is 4.57. The molecule has 1 aliphatic heterocycles. The van der Waals surface area contributed by atoms with E-state index in [1.165, 1.54) is 32.1 Å². The highest BCUT2D eigenvalue weighted by molar-refractivity contribution is 9.10. The number of carbonyl (C=O) groups excluding carboxylic acids is 1. The van der Waals surface area contributed by atoms with Gasteiger partial charge >= 0.3 is 0 Å². The first-order valence-electron chi connectivity index (χ1n) is 12.4. The van der Waals surface area contributed by atoms with E-state index in [4.69, 9.17) is 19.6 Å². The maximum absolute atomic E-state index is 13.5. The molecule has 1 saturated carbocycles. The molecule has 0 radical (unpaired) electrons. The van der Waals surface area contributed by atoms with E-state index in [1.54, 1.807) is 0 Å². The maximum atomic E-state index is 13.5. The van der Waals surface area contributed by atoms with Crippen LogP contribution in [0.25, 0.3) is 0 Å². The molecule has 0 unspecified atom stereocenters. The molecule has 1 aliphatic carbocycles. The normalized spacial score (nSPS) is 20.2. The molecule has 0 spiro atoms. The van der Waals surface area contributed by atoms with Gasteiger partial charge < -0.3 is 14.6 Å². The van der Waals surface area contributed by atoms with Crippen LogP contribution < -0.4 is 15.6 Å². The number of carbonyl (C=O) groups is 1. The SMILES string of the molecule is O=C(NNCC1CCCCC1)[C@]1(Cc2ccccc2Br)COC(c2ccc(OCCCO)cc2)=N1. The Kier molecular flexibility index (Phi) is 9.18. The third-order valence-electron chi connectivity index (χ3n) is 6.62. The van der Waals surface area contributed by atoms with Crippen molar-refractivity contribution in [1.29, 1.82) is 0 Å². The standard InChI is InChI=1S/C27H34BrN3O4/c28-24-10-5-4-9-22(24)17-27(26(33)31-29-18-20-7-2-1-3-8-20)19-35-25(30-27)21-11-13-23(14-12-21)34-16-6-15-32/h4-5,9-14,20,29,32H,1-3,6-8,15-19H2,(H,31,33)/t27-/m0/s1. The van der Waals surface area contributed by atoms with Crippen LogP contribution in [0.2, 0.25) is 0 Å². The molecule has 1 heterocycles. The minimum atomic E-state index is -1.07. The number of ether oxygens (including phenoxy) is 2. The van der Waals surface area contributed by atoms with Crippen molar-refractivity contribution in [2.45, 2.75) is 50.5 Å². The second kappa shape index (κ2) is 12.5. The highest BCUT2D eigenvalue weighted by Gasteiger charge is 2.45. The molecule has 35 heavy (non-hydrogen) atoms. The van der Waals surface area contributed by atoms with Gasteiger partial charge in [-0.25, -0.2) is 10.4 Å². The highest BCUT2D eigenvalue weighted by Crippen LogP contribution is 2.30. The minimum absolute atomic E-state index is 0.0971. The molecule has 2 aromatic rings. The molecule has 0 bridgehead atoms. The van der Waals surface area contributed by atoms with E-state index in [2.05, 4.69) is 26.8 Å². The van der Waals surface area contributed by atoms with Gasteiger partial charge in [-0.1, -0.05) is 53.4 Å². The van der Waals surface area contributed by atoms with Gasteiger partial charge in [0, 0.05) is 36.0 Å². The lowest BCUT2D eigenvalue weighted by Gasteiger charge is -2.26. The Morgan fingerprint density at radius 3 is 2.66 bits per heavy atom. The van der Waals surface area contributed by atoms with Crippen LogP contribution in [-0.4, -0.2) is 48.8 Å². The van der Waals surface area contributed by atoms with Gasteiger partial charge in [-0.05, 0) is 54.7 Å². The Labute approximate surface area is 215 Å². The van der Waals surface area contributed by atoms with Crippen LogP contribution in [0.1, 0.15) is 49.7 Å². The lowest BCUT2D eigenvalue weighted by molar-refractivity contribution is -0.127. The Bertz CT molecular complexity index is 1010. The summed E-state index contributed by atoms with van der Waals surface area (Å²) in [6.45, 7) is 1.48. The van der Waals surface area contributed by atoms with Gasteiger partial charge in [0.05, 0.1) is 6.61 Å². The maximum Gasteiger partial charge on any atom is 0.266 e. The Morgan fingerprint density at radius 1 is 1.14 bits per heavy atom. The second-order valence-electron chi connectivity index (χ2n) is 9.29. The largest absolute Gasteiger partial charge is 0.494 e. The lowest BCUT2D eigenvalue weighted by atomic mass is 9.89. The quantitative estimate of drug-likeness (QED) is 0.292. The summed E-state index contributed by atoms with van der Waals surface area (Å²) in [6, 6.07) is 15.3. The topological polar surface area (TPSA) is 92.2 Å². The average Bonchev–Trinajstić information content (AvgIpc) is 3.32. The molecule has 2 aromatic carbocycles. The number of nitrogens with zero attached hydrogens (tertiary/aromatic N) is 1. The zero-order valence-corrected chi connectivity index (χ0v) is 21.6. The third kappa shape index (κ3) is 6.84. The van der Waals surface area contributed by atoms with E-state index < -0.39 is 5.54 Å². The first-order chi connectivity index (χ1) is 17.1. The van der Waals surface area contributed by atoms with Gasteiger partial charge in [0.25, 0.3) is 5.91 Å². The van der Waals surface area contributed by atoms with Crippen LogP contribution in [0.3, 0.4) is 0 Å². The molecule has 8 heteroatoms. The van der Waals surface area contributed by atoms with Crippen molar-refractivity contribution in [2.75, 3.05) is 26.4 Å². The van der Waals surface area contributed by atoms with E-state index >= 15 is 0 Å². The van der Waals surface area contributed by atoms with Crippen LogP contribution in [-0.2, 0) is 16.0 Å². The molecule has 1 fully saturated rings. The number of aliphatic imine (C=N–C) groups is 1. The second-order valence-corrected chi connectivity index (χ2v) is 10.1. The van der Waals surface area contributed by atoms with Crippen LogP contribution in [0, 0.1) is 5.92 Å². The van der Waals surface area contributed by atoms with Crippen LogP contribution in [0.5, 0.6) is 5.75 Å². The van der Waals surface area contributed by atoms with Crippen molar-refractivity contribution < 1.29 is 19.4 Å². The third-order valence-corrected chi connectivity index (χ3v) is 7.39. The molecule has 2 aliphatic rings. The number of amides is 1. The molecule has 3 N–H and O–H groups in total. The van der Waals surface area contributed by atoms with Crippen LogP contribution in [0.4, 0.5) is 0 Å². The molecule has 0 aromatic heterocycles. The fourth-order valence-corrected chi connectivity index (χ4v) is 5.00. The molecule has 7 nitrogen and oxygen atoms in total. The number of hydrogen-bond acceptors (Lipinski definition) is 6. The van der Waals surface area contributed by atoms with Crippen molar-refractivity contribution in [3.63, 3.8) is 0 Å². The fraction of sp³-hybridized carbons (Fsp3) is 0.481. The van der Waals surface area contributed by atoms with Gasteiger partial charge in [-0.2, -0.15) is 0 Å². The van der Waals surface area contributed by atoms with Gasteiger partial charge in [0.2, 0.25) is 5.90 Å². The smallest absolute Gasteiger partial charge is 0.266 e. The van der Waals surface area contributed by atoms with E-state index in [0.717, 1.165) is 22.1 Å². The highest BCUT2D eigenvalue weighted by atomic mass is 79.9. The zero-order valence-electron chi connectivity index (χ0n) is 20.0. The van der Waals surface area contributed by atoms with E-state index in [1.807, 2.05) is 48.5 Å². The summed E-state index contributed by atoms with van der Waals surface area (Å²) < 4.78 is 12.5. The van der Waals surface area contributed by atoms with Gasteiger partial charge in [0.1, 0.15) is 12.4 Å². The van der Waals surface area contributed by atoms with E-state index in [0.29, 0.717) is 37.0 Å². The predicted octanol–water partition coefficient (Wildman–Crippen LogP) is 4.17. The van der Waals surface area contributed by atoms with E-state index in [9.17, 15) is 4.79 Å². The van der Waals surface area contributed by atoms with Crippen molar-refractivity contribution in [3.8, 4) is 5.75 Å². The monoisotopic (exact) mass is 543 g/mol. The Hall–Kier alpha value is -2.42. The Morgan fingerprint density at radius 2 is 1.91 bits per heavy atom. The predicted molar refractivity (Wildman–Crippen MR) is 139 cm³/mol. The molecule has 188 valence electrons. The van der Waals surface area contributed by atoms with Crippen molar-refractivity contribution in [3.05, 3.63) is 64.1 Å². The van der Waals surface area contributed by atoms with Crippen LogP contribution >= 0.6 is 15.9 Å².